The summed E-state index contributed by atoms with van der Waals surface area (Å²) in [6, 6.07) is 6.17. The maximum Gasteiger partial charge on any atom is 0.246 e. The third-order valence-electron chi connectivity index (χ3n) is 6.81. The third kappa shape index (κ3) is 9.37. The number of likely N-dealkylation sites (tertiary alicyclic amines) is 1. The number of hydrogen-bond donors (Lipinski definition) is 3. The summed E-state index contributed by atoms with van der Waals surface area (Å²) >= 11 is 0. The fourth-order valence-electron chi connectivity index (χ4n) is 4.81. The van der Waals surface area contributed by atoms with E-state index < -0.39 is 30.1 Å². The van der Waals surface area contributed by atoms with Gasteiger partial charge in [-0.15, -0.1) is 0 Å². The molecule has 1 fully saturated rings. The van der Waals surface area contributed by atoms with Crippen LogP contribution in [0.15, 0.2) is 30.3 Å². The second-order valence-electron chi connectivity index (χ2n) is 11.3. The highest BCUT2D eigenvalue weighted by molar-refractivity contribution is 5.96. The Hall–Kier alpha value is -3.43. The minimum absolute atomic E-state index is 0.133. The Balaban J connectivity index is 2.29. The van der Waals surface area contributed by atoms with Gasteiger partial charge in [0, 0.05) is 34.0 Å². The Morgan fingerprint density at radius 2 is 1.59 bits per heavy atom. The Morgan fingerprint density at radius 1 is 0.949 bits per heavy atom. The third-order valence-corrected chi connectivity index (χ3v) is 6.81. The van der Waals surface area contributed by atoms with Crippen LogP contribution in [-0.4, -0.2) is 84.1 Å². The summed E-state index contributed by atoms with van der Waals surface area (Å²) in [6.07, 6.45) is 1.75. The van der Waals surface area contributed by atoms with E-state index in [1.165, 1.54) is 16.7 Å². The molecule has 1 aromatic rings. The molecular formula is C29H45N5O5. The van der Waals surface area contributed by atoms with E-state index >= 15 is 0 Å². The van der Waals surface area contributed by atoms with Gasteiger partial charge >= 0.3 is 0 Å². The van der Waals surface area contributed by atoms with Crippen LogP contribution in [0.5, 0.6) is 0 Å². The quantitative estimate of drug-likeness (QED) is 0.368. The average Bonchev–Trinajstić information content (AvgIpc) is 3.35. The van der Waals surface area contributed by atoms with Crippen molar-refractivity contribution in [2.45, 2.75) is 84.5 Å². The first-order chi connectivity index (χ1) is 18.3. The second kappa shape index (κ2) is 14.6. The lowest BCUT2D eigenvalue weighted by Crippen LogP contribution is -2.59. The highest BCUT2D eigenvalue weighted by atomic mass is 16.2. The minimum atomic E-state index is -0.930. The zero-order valence-electron chi connectivity index (χ0n) is 24.3. The number of rotatable bonds is 12. The van der Waals surface area contributed by atoms with Crippen LogP contribution in [0.2, 0.25) is 0 Å². The topological polar surface area (TPSA) is 128 Å². The van der Waals surface area contributed by atoms with E-state index in [9.17, 15) is 24.0 Å². The van der Waals surface area contributed by atoms with Gasteiger partial charge in [0.1, 0.15) is 24.2 Å². The van der Waals surface area contributed by atoms with E-state index in [1.807, 2.05) is 58.0 Å². The zero-order valence-corrected chi connectivity index (χ0v) is 24.3. The van der Waals surface area contributed by atoms with Crippen LogP contribution in [0.4, 0.5) is 0 Å². The summed E-state index contributed by atoms with van der Waals surface area (Å²) in [4.78, 5) is 67.9. The van der Waals surface area contributed by atoms with Gasteiger partial charge in [-0.3, -0.25) is 24.0 Å². The van der Waals surface area contributed by atoms with Crippen LogP contribution in [0, 0.1) is 11.8 Å². The fourth-order valence-corrected chi connectivity index (χ4v) is 4.81. The molecular weight excluding hydrogens is 498 g/mol. The Labute approximate surface area is 232 Å². The van der Waals surface area contributed by atoms with Gasteiger partial charge in [0.25, 0.3) is 0 Å². The average molecular weight is 544 g/mol. The number of amides is 5. The molecule has 0 aliphatic carbocycles. The van der Waals surface area contributed by atoms with Crippen LogP contribution in [-0.2, 0) is 30.4 Å². The number of hydrogen-bond acceptors (Lipinski definition) is 5. The van der Waals surface area contributed by atoms with E-state index in [0.29, 0.717) is 25.8 Å². The van der Waals surface area contributed by atoms with Crippen molar-refractivity contribution in [1.82, 2.24) is 25.8 Å². The van der Waals surface area contributed by atoms with Crippen molar-refractivity contribution in [3.63, 3.8) is 0 Å². The lowest BCUT2D eigenvalue weighted by atomic mass is 10.00. The van der Waals surface area contributed by atoms with Crippen LogP contribution in [0.3, 0.4) is 0 Å². The van der Waals surface area contributed by atoms with E-state index in [2.05, 4.69) is 16.0 Å². The van der Waals surface area contributed by atoms with Crippen LogP contribution >= 0.6 is 0 Å². The van der Waals surface area contributed by atoms with Crippen molar-refractivity contribution < 1.29 is 24.0 Å². The Morgan fingerprint density at radius 3 is 2.13 bits per heavy atom. The molecule has 1 saturated heterocycles. The van der Waals surface area contributed by atoms with Crippen LogP contribution in [0.25, 0.3) is 0 Å². The molecule has 0 radical (unpaired) electrons. The van der Waals surface area contributed by atoms with E-state index in [0.717, 1.165) is 5.56 Å². The molecule has 39 heavy (non-hydrogen) atoms. The normalized spacial score (nSPS) is 17.4. The highest BCUT2D eigenvalue weighted by Crippen LogP contribution is 2.21. The van der Waals surface area contributed by atoms with Gasteiger partial charge in [0.05, 0.1) is 0 Å². The summed E-state index contributed by atoms with van der Waals surface area (Å²) < 4.78 is 0. The van der Waals surface area contributed by atoms with Crippen LogP contribution in [0.1, 0.15) is 59.4 Å². The monoisotopic (exact) mass is 543 g/mol. The van der Waals surface area contributed by atoms with Gasteiger partial charge < -0.3 is 25.8 Å². The van der Waals surface area contributed by atoms with E-state index in [4.69, 9.17) is 0 Å². The van der Waals surface area contributed by atoms with Gasteiger partial charge in [-0.25, -0.2) is 0 Å². The number of likely N-dealkylation sites (N-methyl/N-ethyl adjacent to an activating group) is 1. The number of nitrogens with one attached hydrogen (secondary N) is 3. The standard InChI is InChI=1S/C29H45N5O5/c1-18(2)16-22(30-20(5)35)26(36)31-23(17-21-12-9-8-10-13-21)28(38)34-15-11-14-24(34)27(37)32-25(19(3)4)29(39)33(6)7/h8-10,12-13,18-19,22-25H,11,14-17H2,1-7H3,(H,30,35)(H,31,36)(H,32,37)/t22-,23+,24-,25-/m0/s1. The van der Waals surface area contributed by atoms with Gasteiger partial charge in [0.15, 0.2) is 0 Å². The first-order valence-electron chi connectivity index (χ1n) is 13.7. The van der Waals surface area contributed by atoms with E-state index in [-0.39, 0.29) is 41.9 Å². The van der Waals surface area contributed by atoms with Gasteiger partial charge in [-0.2, -0.15) is 0 Å². The molecule has 2 rings (SSSR count). The number of carbonyl (C=O) groups excluding carboxylic acids is 5. The molecule has 1 aromatic carbocycles. The predicted molar refractivity (Wildman–Crippen MR) is 149 cm³/mol. The summed E-state index contributed by atoms with van der Waals surface area (Å²) in [6.45, 7) is 9.34. The molecule has 1 aliphatic rings. The molecule has 3 N–H and O–H groups in total. The fraction of sp³-hybridized carbons (Fsp3) is 0.621. The first-order valence-corrected chi connectivity index (χ1v) is 13.7. The Kier molecular flexibility index (Phi) is 11.9. The second-order valence-corrected chi connectivity index (χ2v) is 11.3. The van der Waals surface area contributed by atoms with Crippen molar-refractivity contribution in [3.05, 3.63) is 35.9 Å². The lowest BCUT2D eigenvalue weighted by molar-refractivity contribution is -0.143. The van der Waals surface area contributed by atoms with Gasteiger partial charge in [0.2, 0.25) is 29.5 Å². The summed E-state index contributed by atoms with van der Waals surface area (Å²) in [7, 11) is 3.28. The van der Waals surface area contributed by atoms with Crippen molar-refractivity contribution in [3.8, 4) is 0 Å². The van der Waals surface area contributed by atoms with Gasteiger partial charge in [-0.05, 0) is 36.7 Å². The molecule has 1 aliphatic heterocycles. The summed E-state index contributed by atoms with van der Waals surface area (Å²) in [5.74, 6) is -1.72. The van der Waals surface area contributed by atoms with Crippen molar-refractivity contribution in [2.75, 3.05) is 20.6 Å². The molecule has 10 heteroatoms. The molecule has 0 saturated carbocycles. The Bertz CT molecular complexity index is 1010. The number of nitrogens with zero attached hydrogens (tertiary/aromatic N) is 2. The smallest absolute Gasteiger partial charge is 0.246 e. The molecule has 0 aromatic heterocycles. The maximum absolute atomic E-state index is 13.9. The molecule has 5 amide bonds. The summed E-state index contributed by atoms with van der Waals surface area (Å²) in [5.41, 5.74) is 0.854. The largest absolute Gasteiger partial charge is 0.347 e. The van der Waals surface area contributed by atoms with E-state index in [1.54, 1.807) is 14.1 Å². The first kappa shape index (κ1) is 31.8. The molecule has 216 valence electrons. The summed E-state index contributed by atoms with van der Waals surface area (Å²) in [5, 5.41) is 8.42. The van der Waals surface area contributed by atoms with Gasteiger partial charge in [-0.1, -0.05) is 58.0 Å². The molecule has 0 spiro atoms. The zero-order chi connectivity index (χ0) is 29.3. The molecule has 10 nitrogen and oxygen atoms in total. The molecule has 1 heterocycles. The van der Waals surface area contributed by atoms with Crippen molar-refractivity contribution in [2.24, 2.45) is 11.8 Å². The van der Waals surface area contributed by atoms with Crippen molar-refractivity contribution >= 4 is 29.5 Å². The molecule has 0 unspecified atom stereocenters. The highest BCUT2D eigenvalue weighted by Gasteiger charge is 2.40. The lowest BCUT2D eigenvalue weighted by Gasteiger charge is -2.32. The molecule has 4 atom stereocenters. The predicted octanol–water partition coefficient (Wildman–Crippen LogP) is 1.48. The maximum atomic E-state index is 13.9. The number of benzene rings is 1. The van der Waals surface area contributed by atoms with Crippen LogP contribution < -0.4 is 16.0 Å². The number of carbonyl (C=O) groups is 5. The SMILES string of the molecule is CC(=O)N[C@@H](CC(C)C)C(=O)N[C@H](Cc1ccccc1)C(=O)N1CCC[C@H]1C(=O)N[C@H](C(=O)N(C)C)C(C)C. The minimum Gasteiger partial charge on any atom is -0.347 e. The van der Waals surface area contributed by atoms with Crippen molar-refractivity contribution in [1.29, 1.82) is 0 Å². The molecule has 0 bridgehead atoms.